The summed E-state index contributed by atoms with van der Waals surface area (Å²) >= 11 is 0. The van der Waals surface area contributed by atoms with Crippen LogP contribution in [0.2, 0.25) is 0 Å². The Balaban J connectivity index is 2.02. The van der Waals surface area contributed by atoms with Gasteiger partial charge < -0.3 is 14.7 Å². The molecule has 1 aromatic carbocycles. The summed E-state index contributed by atoms with van der Waals surface area (Å²) in [4.78, 5) is 24.7. The molecular formula is C15H16N2O4. The molecule has 0 saturated carbocycles. The van der Waals surface area contributed by atoms with Crippen LogP contribution < -0.4 is 4.74 Å². The molecule has 1 aliphatic rings. The van der Waals surface area contributed by atoms with Crippen LogP contribution in [0, 0.1) is 11.3 Å². The summed E-state index contributed by atoms with van der Waals surface area (Å²) in [5, 5.41) is 17.8. The van der Waals surface area contributed by atoms with E-state index in [4.69, 9.17) is 15.1 Å². The van der Waals surface area contributed by atoms with Crippen molar-refractivity contribution in [1.82, 2.24) is 4.90 Å². The molecule has 1 fully saturated rings. The van der Waals surface area contributed by atoms with Crippen molar-refractivity contribution in [2.75, 3.05) is 6.54 Å². The van der Waals surface area contributed by atoms with Crippen molar-refractivity contribution in [3.8, 4) is 11.8 Å². The quantitative estimate of drug-likeness (QED) is 0.904. The van der Waals surface area contributed by atoms with E-state index in [1.807, 2.05) is 6.07 Å². The summed E-state index contributed by atoms with van der Waals surface area (Å²) in [7, 11) is 0. The Morgan fingerprint density at radius 1 is 1.43 bits per heavy atom. The molecule has 1 aromatic rings. The molecule has 6 nitrogen and oxygen atoms in total. The molecular weight excluding hydrogens is 272 g/mol. The van der Waals surface area contributed by atoms with E-state index in [0.29, 0.717) is 30.7 Å². The summed E-state index contributed by atoms with van der Waals surface area (Å²) < 4.78 is 5.52. The third kappa shape index (κ3) is 3.31. The first-order valence-corrected chi connectivity index (χ1v) is 6.73. The number of carbonyl (C=O) groups is 2. The standard InChI is InChI=1S/C15H16N2O4/c1-10(21-12-6-4-11(9-16)5-7-12)14(18)17-8-2-3-13(17)15(19)20/h4-7,10,13H,2-3,8H2,1H3,(H,19,20)/t10?,13-/m1/s1. The highest BCUT2D eigenvalue weighted by atomic mass is 16.5. The van der Waals surface area contributed by atoms with E-state index in [2.05, 4.69) is 0 Å². The monoisotopic (exact) mass is 288 g/mol. The Morgan fingerprint density at radius 2 is 2.10 bits per heavy atom. The van der Waals surface area contributed by atoms with Gasteiger partial charge in [-0.1, -0.05) is 0 Å². The lowest BCUT2D eigenvalue weighted by atomic mass is 10.2. The Kier molecular flexibility index (Phi) is 4.43. The fourth-order valence-electron chi connectivity index (χ4n) is 2.38. The second-order valence-corrected chi connectivity index (χ2v) is 4.92. The van der Waals surface area contributed by atoms with Crippen molar-refractivity contribution in [2.24, 2.45) is 0 Å². The molecule has 2 atom stereocenters. The average molecular weight is 288 g/mol. The lowest BCUT2D eigenvalue weighted by Gasteiger charge is -2.25. The SMILES string of the molecule is CC(Oc1ccc(C#N)cc1)C(=O)N1CCC[C@@H]1C(=O)O. The maximum atomic E-state index is 12.3. The zero-order valence-electron chi connectivity index (χ0n) is 11.7. The number of carboxylic acid groups (broad SMARTS) is 1. The number of carbonyl (C=O) groups excluding carboxylic acids is 1. The Hall–Kier alpha value is -2.55. The summed E-state index contributed by atoms with van der Waals surface area (Å²) in [5.74, 6) is -0.836. The molecule has 0 radical (unpaired) electrons. The fraction of sp³-hybridized carbons (Fsp3) is 0.400. The van der Waals surface area contributed by atoms with Gasteiger partial charge >= 0.3 is 5.97 Å². The number of likely N-dealkylation sites (tertiary alicyclic amines) is 1. The minimum atomic E-state index is -0.980. The lowest BCUT2D eigenvalue weighted by Crippen LogP contribution is -2.46. The molecule has 2 rings (SSSR count). The van der Waals surface area contributed by atoms with Crippen LogP contribution >= 0.6 is 0 Å². The first-order chi connectivity index (χ1) is 10.0. The molecule has 1 unspecified atom stereocenters. The number of carboxylic acids is 1. The van der Waals surface area contributed by atoms with Crippen LogP contribution in [0.1, 0.15) is 25.3 Å². The van der Waals surface area contributed by atoms with Gasteiger partial charge in [-0.05, 0) is 44.0 Å². The molecule has 1 aliphatic heterocycles. The van der Waals surface area contributed by atoms with Gasteiger partial charge in [-0.15, -0.1) is 0 Å². The van der Waals surface area contributed by atoms with Gasteiger partial charge in [0.1, 0.15) is 11.8 Å². The average Bonchev–Trinajstić information content (AvgIpc) is 2.96. The number of hydrogen-bond donors (Lipinski definition) is 1. The van der Waals surface area contributed by atoms with Gasteiger partial charge in [-0.25, -0.2) is 4.79 Å². The van der Waals surface area contributed by atoms with E-state index in [9.17, 15) is 9.59 Å². The van der Waals surface area contributed by atoms with Crippen LogP contribution in [0.4, 0.5) is 0 Å². The number of nitrogens with zero attached hydrogens (tertiary/aromatic N) is 2. The number of amides is 1. The summed E-state index contributed by atoms with van der Waals surface area (Å²) in [6.45, 7) is 2.04. The first kappa shape index (κ1) is 14.9. The van der Waals surface area contributed by atoms with Crippen LogP contribution in [-0.2, 0) is 9.59 Å². The number of hydrogen-bond acceptors (Lipinski definition) is 4. The fourth-order valence-corrected chi connectivity index (χ4v) is 2.38. The van der Waals surface area contributed by atoms with E-state index in [-0.39, 0.29) is 5.91 Å². The summed E-state index contributed by atoms with van der Waals surface area (Å²) in [6, 6.07) is 7.66. The molecule has 110 valence electrons. The van der Waals surface area contributed by atoms with Gasteiger partial charge in [0.2, 0.25) is 0 Å². The highest BCUT2D eigenvalue weighted by molar-refractivity contribution is 5.87. The molecule has 21 heavy (non-hydrogen) atoms. The summed E-state index contributed by atoms with van der Waals surface area (Å²) in [5.41, 5.74) is 0.506. The molecule has 1 N–H and O–H groups in total. The third-order valence-electron chi connectivity index (χ3n) is 3.46. The zero-order chi connectivity index (χ0) is 15.4. The van der Waals surface area contributed by atoms with Crippen LogP contribution in [0.15, 0.2) is 24.3 Å². The van der Waals surface area contributed by atoms with Crippen LogP contribution in [0.3, 0.4) is 0 Å². The molecule has 0 aliphatic carbocycles. The minimum absolute atomic E-state index is 0.329. The second kappa shape index (κ2) is 6.27. The Bertz CT molecular complexity index is 576. The van der Waals surface area contributed by atoms with Gasteiger partial charge in [0.15, 0.2) is 6.10 Å². The van der Waals surface area contributed by atoms with E-state index < -0.39 is 18.1 Å². The molecule has 1 amide bonds. The molecule has 0 bridgehead atoms. The van der Waals surface area contributed by atoms with E-state index >= 15 is 0 Å². The van der Waals surface area contributed by atoms with Crippen LogP contribution in [0.25, 0.3) is 0 Å². The maximum Gasteiger partial charge on any atom is 0.326 e. The highest BCUT2D eigenvalue weighted by Crippen LogP contribution is 2.20. The molecule has 1 saturated heterocycles. The molecule has 6 heteroatoms. The summed E-state index contributed by atoms with van der Waals surface area (Å²) in [6.07, 6.45) is 0.398. The van der Waals surface area contributed by atoms with Crippen LogP contribution in [-0.4, -0.2) is 40.6 Å². The predicted octanol–water partition coefficient (Wildman–Crippen LogP) is 1.40. The zero-order valence-corrected chi connectivity index (χ0v) is 11.7. The Morgan fingerprint density at radius 3 is 2.67 bits per heavy atom. The minimum Gasteiger partial charge on any atom is -0.481 e. The highest BCUT2D eigenvalue weighted by Gasteiger charge is 2.36. The van der Waals surface area contributed by atoms with Gasteiger partial charge in [0.05, 0.1) is 11.6 Å². The van der Waals surface area contributed by atoms with E-state index in [1.54, 1.807) is 31.2 Å². The van der Waals surface area contributed by atoms with Crippen molar-refractivity contribution in [2.45, 2.75) is 31.9 Å². The van der Waals surface area contributed by atoms with E-state index in [0.717, 1.165) is 0 Å². The van der Waals surface area contributed by atoms with Crippen molar-refractivity contribution in [1.29, 1.82) is 5.26 Å². The van der Waals surface area contributed by atoms with Crippen molar-refractivity contribution >= 4 is 11.9 Å². The van der Waals surface area contributed by atoms with E-state index in [1.165, 1.54) is 4.90 Å². The molecule has 0 aromatic heterocycles. The van der Waals surface area contributed by atoms with Gasteiger partial charge in [-0.2, -0.15) is 5.26 Å². The first-order valence-electron chi connectivity index (χ1n) is 6.73. The smallest absolute Gasteiger partial charge is 0.326 e. The van der Waals surface area contributed by atoms with Gasteiger partial charge in [0.25, 0.3) is 5.91 Å². The van der Waals surface area contributed by atoms with Crippen molar-refractivity contribution in [3.05, 3.63) is 29.8 Å². The largest absolute Gasteiger partial charge is 0.481 e. The number of aliphatic carboxylic acids is 1. The maximum absolute atomic E-state index is 12.3. The normalized spacial score (nSPS) is 18.9. The lowest BCUT2D eigenvalue weighted by molar-refractivity contribution is -0.150. The second-order valence-electron chi connectivity index (χ2n) is 4.92. The molecule has 0 spiro atoms. The van der Waals surface area contributed by atoms with Crippen LogP contribution in [0.5, 0.6) is 5.75 Å². The van der Waals surface area contributed by atoms with Crippen molar-refractivity contribution < 1.29 is 19.4 Å². The topological polar surface area (TPSA) is 90.6 Å². The number of nitriles is 1. The van der Waals surface area contributed by atoms with Crippen molar-refractivity contribution in [3.63, 3.8) is 0 Å². The Labute approximate surface area is 122 Å². The third-order valence-corrected chi connectivity index (χ3v) is 3.46. The predicted molar refractivity (Wildman–Crippen MR) is 73.6 cm³/mol. The number of rotatable bonds is 4. The molecule has 1 heterocycles. The van der Waals surface area contributed by atoms with Gasteiger partial charge in [0, 0.05) is 6.54 Å². The van der Waals surface area contributed by atoms with Gasteiger partial charge in [-0.3, -0.25) is 4.79 Å². The number of ether oxygens (including phenoxy) is 1. The number of benzene rings is 1.